The lowest BCUT2D eigenvalue weighted by atomic mass is 9.86. The molecule has 0 aliphatic carbocycles. The lowest BCUT2D eigenvalue weighted by Gasteiger charge is -2.19. The number of halogens is 1. The number of ketones is 1. The van der Waals surface area contributed by atoms with Crippen LogP contribution in [0.3, 0.4) is 0 Å². The lowest BCUT2D eigenvalue weighted by Crippen LogP contribution is -2.11. The molecule has 0 saturated carbocycles. The Kier molecular flexibility index (Phi) is 4.53. The molecule has 0 aliphatic rings. The van der Waals surface area contributed by atoms with E-state index in [0.29, 0.717) is 17.0 Å². The molecule has 0 spiro atoms. The van der Waals surface area contributed by atoms with Crippen LogP contribution in [-0.2, 0) is 11.8 Å². The Morgan fingerprint density at radius 3 is 2.24 bits per heavy atom. The fraction of sp³-hybridized carbons (Fsp3) is 0.316. The van der Waals surface area contributed by atoms with Crippen LogP contribution < -0.4 is 0 Å². The highest BCUT2D eigenvalue weighted by atomic mass is 35.5. The molecule has 2 heteroatoms. The highest BCUT2D eigenvalue weighted by molar-refractivity contribution is 6.31. The molecule has 110 valence electrons. The largest absolute Gasteiger partial charge is 0.294 e. The minimum atomic E-state index is 0.110. The van der Waals surface area contributed by atoms with Crippen LogP contribution in [0.5, 0.6) is 0 Å². The number of hydrogen-bond donors (Lipinski definition) is 0. The van der Waals surface area contributed by atoms with Crippen LogP contribution in [-0.4, -0.2) is 5.78 Å². The number of benzene rings is 2. The van der Waals surface area contributed by atoms with Gasteiger partial charge in [-0.05, 0) is 41.2 Å². The van der Waals surface area contributed by atoms with Crippen LogP contribution >= 0.6 is 11.6 Å². The summed E-state index contributed by atoms with van der Waals surface area (Å²) in [7, 11) is 0. The van der Waals surface area contributed by atoms with Crippen LogP contribution in [0.4, 0.5) is 0 Å². The molecule has 0 aliphatic heterocycles. The molecule has 2 aromatic carbocycles. The summed E-state index contributed by atoms with van der Waals surface area (Å²) in [4.78, 5) is 12.4. The number of rotatable bonds is 3. The fourth-order valence-electron chi connectivity index (χ4n) is 2.30. The van der Waals surface area contributed by atoms with Crippen molar-refractivity contribution in [2.24, 2.45) is 0 Å². The van der Waals surface area contributed by atoms with Gasteiger partial charge in [0.05, 0.1) is 0 Å². The van der Waals surface area contributed by atoms with Crippen LogP contribution in [0.1, 0.15) is 47.8 Å². The Balaban J connectivity index is 2.18. The van der Waals surface area contributed by atoms with E-state index >= 15 is 0 Å². The van der Waals surface area contributed by atoms with Crippen molar-refractivity contribution in [2.75, 3.05) is 0 Å². The van der Waals surface area contributed by atoms with E-state index in [1.807, 2.05) is 31.2 Å². The molecule has 0 aromatic heterocycles. The van der Waals surface area contributed by atoms with Gasteiger partial charge in [-0.2, -0.15) is 0 Å². The van der Waals surface area contributed by atoms with E-state index in [4.69, 9.17) is 11.6 Å². The maximum absolute atomic E-state index is 12.4. The van der Waals surface area contributed by atoms with Crippen molar-refractivity contribution in [1.82, 2.24) is 0 Å². The molecular formula is C19H21ClO. The average Bonchev–Trinajstić information content (AvgIpc) is 2.41. The molecule has 0 saturated heterocycles. The molecule has 1 nitrogen and oxygen atoms in total. The summed E-state index contributed by atoms with van der Waals surface area (Å²) in [6, 6.07) is 13.7. The number of aryl methyl sites for hydroxylation is 1. The SMILES string of the molecule is Cc1ccc(Cl)cc1C(=O)Cc1ccc(C(C)(C)C)cc1. The molecule has 0 unspecified atom stereocenters. The first-order valence-corrected chi connectivity index (χ1v) is 7.54. The zero-order chi connectivity index (χ0) is 15.6. The number of carbonyl (C=O) groups is 1. The van der Waals surface area contributed by atoms with Gasteiger partial charge in [-0.1, -0.05) is 62.7 Å². The summed E-state index contributed by atoms with van der Waals surface area (Å²) in [6.07, 6.45) is 0.408. The summed E-state index contributed by atoms with van der Waals surface area (Å²) < 4.78 is 0. The first-order valence-electron chi connectivity index (χ1n) is 7.16. The van der Waals surface area contributed by atoms with Gasteiger partial charge in [-0.25, -0.2) is 0 Å². The summed E-state index contributed by atoms with van der Waals surface area (Å²) in [5.74, 6) is 0.110. The topological polar surface area (TPSA) is 17.1 Å². The third kappa shape index (κ3) is 3.95. The van der Waals surface area contributed by atoms with E-state index in [1.165, 1.54) is 5.56 Å². The molecule has 0 N–H and O–H groups in total. The predicted molar refractivity (Wildman–Crippen MR) is 89.4 cm³/mol. The first-order chi connectivity index (χ1) is 9.77. The van der Waals surface area contributed by atoms with E-state index in [0.717, 1.165) is 11.1 Å². The van der Waals surface area contributed by atoms with Crippen molar-refractivity contribution in [3.8, 4) is 0 Å². The molecule has 2 rings (SSSR count). The zero-order valence-corrected chi connectivity index (χ0v) is 13.8. The second kappa shape index (κ2) is 6.03. The van der Waals surface area contributed by atoms with Gasteiger partial charge in [0.2, 0.25) is 0 Å². The van der Waals surface area contributed by atoms with E-state index in [9.17, 15) is 4.79 Å². The fourth-order valence-corrected chi connectivity index (χ4v) is 2.47. The minimum absolute atomic E-state index is 0.110. The van der Waals surface area contributed by atoms with E-state index in [-0.39, 0.29) is 11.2 Å². The molecule has 2 aromatic rings. The maximum atomic E-state index is 12.4. The van der Waals surface area contributed by atoms with Gasteiger partial charge in [0.1, 0.15) is 0 Å². The summed E-state index contributed by atoms with van der Waals surface area (Å²) in [5, 5.41) is 0.604. The smallest absolute Gasteiger partial charge is 0.167 e. The Labute approximate surface area is 132 Å². The average molecular weight is 301 g/mol. The van der Waals surface area contributed by atoms with Crippen molar-refractivity contribution in [3.05, 3.63) is 69.7 Å². The molecule has 0 radical (unpaired) electrons. The van der Waals surface area contributed by atoms with E-state index in [1.54, 1.807) is 6.07 Å². The maximum Gasteiger partial charge on any atom is 0.167 e. The predicted octanol–water partition coefficient (Wildman–Crippen LogP) is 5.37. The van der Waals surface area contributed by atoms with Gasteiger partial charge < -0.3 is 0 Å². The molecule has 0 fully saturated rings. The quantitative estimate of drug-likeness (QED) is 0.696. The standard InChI is InChI=1S/C19H21ClO/c1-13-5-10-16(20)12-17(13)18(21)11-14-6-8-15(9-7-14)19(2,3)4/h5-10,12H,11H2,1-4H3. The summed E-state index contributed by atoms with van der Waals surface area (Å²) >= 11 is 5.98. The third-order valence-electron chi connectivity index (χ3n) is 3.68. The summed E-state index contributed by atoms with van der Waals surface area (Å²) in [6.45, 7) is 8.49. The van der Waals surface area contributed by atoms with Crippen molar-refractivity contribution >= 4 is 17.4 Å². The monoisotopic (exact) mass is 300 g/mol. The van der Waals surface area contributed by atoms with Gasteiger partial charge in [0.15, 0.2) is 5.78 Å². The lowest BCUT2D eigenvalue weighted by molar-refractivity contribution is 0.0992. The van der Waals surface area contributed by atoms with Crippen LogP contribution in [0.15, 0.2) is 42.5 Å². The van der Waals surface area contributed by atoms with Gasteiger partial charge in [-0.3, -0.25) is 4.79 Å². The Morgan fingerprint density at radius 2 is 1.67 bits per heavy atom. The van der Waals surface area contributed by atoms with Crippen molar-refractivity contribution in [2.45, 2.75) is 39.5 Å². The van der Waals surface area contributed by atoms with Gasteiger partial charge >= 0.3 is 0 Å². The van der Waals surface area contributed by atoms with Crippen LogP contribution in [0.2, 0.25) is 5.02 Å². The molecule has 0 amide bonds. The number of Topliss-reactive ketones (excluding diaryl/α,β-unsaturated/α-hetero) is 1. The molecule has 0 bridgehead atoms. The van der Waals surface area contributed by atoms with E-state index < -0.39 is 0 Å². The molecule has 21 heavy (non-hydrogen) atoms. The second-order valence-corrected chi connectivity index (χ2v) is 6.94. The van der Waals surface area contributed by atoms with Gasteiger partial charge in [0.25, 0.3) is 0 Å². The minimum Gasteiger partial charge on any atom is -0.294 e. The number of carbonyl (C=O) groups excluding carboxylic acids is 1. The summed E-state index contributed by atoms with van der Waals surface area (Å²) in [5.41, 5.74) is 4.12. The molecule has 0 atom stereocenters. The normalized spacial score (nSPS) is 11.5. The number of hydrogen-bond acceptors (Lipinski definition) is 1. The van der Waals surface area contributed by atoms with Gasteiger partial charge in [-0.15, -0.1) is 0 Å². The third-order valence-corrected chi connectivity index (χ3v) is 3.92. The molecule has 0 heterocycles. The zero-order valence-electron chi connectivity index (χ0n) is 13.0. The van der Waals surface area contributed by atoms with Crippen molar-refractivity contribution in [1.29, 1.82) is 0 Å². The Bertz CT molecular complexity index is 648. The highest BCUT2D eigenvalue weighted by Gasteiger charge is 2.14. The van der Waals surface area contributed by atoms with Crippen molar-refractivity contribution < 1.29 is 4.79 Å². The highest BCUT2D eigenvalue weighted by Crippen LogP contribution is 2.23. The van der Waals surface area contributed by atoms with Crippen LogP contribution in [0.25, 0.3) is 0 Å². The van der Waals surface area contributed by atoms with Crippen molar-refractivity contribution in [3.63, 3.8) is 0 Å². The van der Waals surface area contributed by atoms with Gasteiger partial charge in [0, 0.05) is 17.0 Å². The van der Waals surface area contributed by atoms with E-state index in [2.05, 4.69) is 32.9 Å². The second-order valence-electron chi connectivity index (χ2n) is 6.51. The van der Waals surface area contributed by atoms with Crippen LogP contribution in [0, 0.1) is 6.92 Å². The molecular weight excluding hydrogens is 280 g/mol. The Morgan fingerprint density at radius 1 is 1.05 bits per heavy atom. The first kappa shape index (κ1) is 15.8. The Hall–Kier alpha value is -1.60.